The number of ketones is 1. The molecule has 0 aliphatic carbocycles. The van der Waals surface area contributed by atoms with Gasteiger partial charge in [0.2, 0.25) is 0 Å². The lowest BCUT2D eigenvalue weighted by molar-refractivity contribution is 0.0568. The fourth-order valence-corrected chi connectivity index (χ4v) is 1.79. The van der Waals surface area contributed by atoms with E-state index in [9.17, 15) is 4.79 Å². The van der Waals surface area contributed by atoms with Crippen molar-refractivity contribution in [2.45, 2.75) is 25.9 Å². The minimum absolute atomic E-state index is 0.115. The molecule has 2 rings (SSSR count). The van der Waals surface area contributed by atoms with E-state index in [4.69, 9.17) is 10.5 Å². The van der Waals surface area contributed by atoms with Crippen molar-refractivity contribution < 1.29 is 9.53 Å². The zero-order valence-corrected chi connectivity index (χ0v) is 9.04. The van der Waals surface area contributed by atoms with Crippen LogP contribution in [-0.2, 0) is 0 Å². The van der Waals surface area contributed by atoms with Crippen LogP contribution in [0.4, 0.5) is 0 Å². The molecule has 1 aliphatic rings. The Balaban J connectivity index is 2.46. The van der Waals surface area contributed by atoms with Gasteiger partial charge in [-0.2, -0.15) is 0 Å². The quantitative estimate of drug-likeness (QED) is 0.758. The molecular formula is C12H15NO2. The predicted molar refractivity (Wildman–Crippen MR) is 58.2 cm³/mol. The molecule has 0 fully saturated rings. The van der Waals surface area contributed by atoms with Crippen LogP contribution in [0.1, 0.15) is 29.3 Å². The van der Waals surface area contributed by atoms with Gasteiger partial charge in [0.05, 0.1) is 12.0 Å². The van der Waals surface area contributed by atoms with Crippen LogP contribution in [0.25, 0.3) is 0 Å². The Bertz CT molecular complexity index is 414. The number of carbonyl (C=O) groups excluding carboxylic acids is 1. The molecule has 3 nitrogen and oxygen atoms in total. The lowest BCUT2D eigenvalue weighted by atomic mass is 9.91. The number of carbonyl (C=O) groups is 1. The second-order valence-electron chi connectivity index (χ2n) is 4.36. The first-order valence-electron chi connectivity index (χ1n) is 5.07. The van der Waals surface area contributed by atoms with Crippen molar-refractivity contribution in [1.82, 2.24) is 0 Å². The molecule has 0 aromatic heterocycles. The van der Waals surface area contributed by atoms with E-state index in [1.807, 2.05) is 32.0 Å². The maximum Gasteiger partial charge on any atom is 0.170 e. The Morgan fingerprint density at radius 3 is 2.93 bits per heavy atom. The molecule has 2 N–H and O–H groups in total. The van der Waals surface area contributed by atoms with Gasteiger partial charge in [0.15, 0.2) is 5.78 Å². The summed E-state index contributed by atoms with van der Waals surface area (Å²) in [5, 5.41) is 0. The molecule has 0 saturated heterocycles. The van der Waals surface area contributed by atoms with Gasteiger partial charge in [0.1, 0.15) is 11.4 Å². The topological polar surface area (TPSA) is 52.3 Å². The number of hydrogen-bond acceptors (Lipinski definition) is 3. The third-order valence-electron chi connectivity index (χ3n) is 2.76. The molecule has 1 atom stereocenters. The number of benzene rings is 1. The molecule has 0 spiro atoms. The summed E-state index contributed by atoms with van der Waals surface area (Å²) in [4.78, 5) is 11.8. The first-order valence-corrected chi connectivity index (χ1v) is 5.07. The van der Waals surface area contributed by atoms with Crippen LogP contribution in [0.2, 0.25) is 0 Å². The van der Waals surface area contributed by atoms with Gasteiger partial charge < -0.3 is 10.5 Å². The van der Waals surface area contributed by atoms with Crippen LogP contribution >= 0.6 is 0 Å². The number of ether oxygens (including phenoxy) is 1. The smallest absolute Gasteiger partial charge is 0.170 e. The number of nitrogens with two attached hydrogens (primary N) is 1. The van der Waals surface area contributed by atoms with Crippen LogP contribution in [0.15, 0.2) is 18.2 Å². The summed E-state index contributed by atoms with van der Waals surface area (Å²) in [6, 6.07) is 5.63. The predicted octanol–water partition coefficient (Wildman–Crippen LogP) is 1.68. The van der Waals surface area contributed by atoms with Gasteiger partial charge in [-0.1, -0.05) is 6.07 Å². The van der Waals surface area contributed by atoms with Crippen molar-refractivity contribution in [2.24, 2.45) is 5.73 Å². The molecule has 0 radical (unpaired) electrons. The molecule has 80 valence electrons. The largest absolute Gasteiger partial charge is 0.485 e. The summed E-state index contributed by atoms with van der Waals surface area (Å²) < 4.78 is 5.77. The molecule has 0 bridgehead atoms. The molecule has 15 heavy (non-hydrogen) atoms. The van der Waals surface area contributed by atoms with Gasteiger partial charge in [-0.05, 0) is 31.5 Å². The van der Waals surface area contributed by atoms with E-state index in [0.29, 0.717) is 24.3 Å². The monoisotopic (exact) mass is 205 g/mol. The van der Waals surface area contributed by atoms with Crippen LogP contribution in [0.5, 0.6) is 5.75 Å². The molecule has 0 amide bonds. The molecular weight excluding hydrogens is 190 g/mol. The maximum absolute atomic E-state index is 11.8. The van der Waals surface area contributed by atoms with E-state index in [0.717, 1.165) is 5.56 Å². The fraction of sp³-hybridized carbons (Fsp3) is 0.417. The van der Waals surface area contributed by atoms with Crippen molar-refractivity contribution in [3.63, 3.8) is 0 Å². The average Bonchev–Trinajstić information content (AvgIpc) is 2.16. The standard InChI is InChI=1S/C12H15NO2/c1-8-3-4-9-10(14)6-12(2,7-13)15-11(9)5-8/h3-5H,6-7,13H2,1-2H3. The number of Topliss-reactive ketones (excluding diaryl/α,β-unsaturated/α-hetero) is 1. The summed E-state index contributed by atoms with van der Waals surface area (Å²) in [5.74, 6) is 0.781. The molecule has 0 saturated carbocycles. The van der Waals surface area contributed by atoms with Gasteiger partial charge in [0, 0.05) is 6.54 Å². The number of rotatable bonds is 1. The molecule has 1 heterocycles. The SMILES string of the molecule is Cc1ccc2c(c1)OC(C)(CN)CC2=O. The van der Waals surface area contributed by atoms with Crippen molar-refractivity contribution in [2.75, 3.05) is 6.54 Å². The number of hydrogen-bond donors (Lipinski definition) is 1. The van der Waals surface area contributed by atoms with E-state index in [-0.39, 0.29) is 5.78 Å². The summed E-state index contributed by atoms with van der Waals surface area (Å²) in [6.45, 7) is 4.20. The van der Waals surface area contributed by atoms with Crippen molar-refractivity contribution in [1.29, 1.82) is 0 Å². The summed E-state index contributed by atoms with van der Waals surface area (Å²) >= 11 is 0. The molecule has 1 aromatic rings. The highest BCUT2D eigenvalue weighted by Gasteiger charge is 2.35. The van der Waals surface area contributed by atoms with E-state index in [1.54, 1.807) is 0 Å². The highest BCUT2D eigenvalue weighted by atomic mass is 16.5. The zero-order chi connectivity index (χ0) is 11.1. The first-order chi connectivity index (χ1) is 7.04. The highest BCUT2D eigenvalue weighted by molar-refractivity contribution is 6.00. The van der Waals surface area contributed by atoms with Crippen molar-refractivity contribution in [3.05, 3.63) is 29.3 Å². The Kier molecular flexibility index (Phi) is 2.27. The number of fused-ring (bicyclic) bond motifs is 1. The first kappa shape index (κ1) is 10.2. The minimum Gasteiger partial charge on any atom is -0.485 e. The number of aryl methyl sites for hydroxylation is 1. The van der Waals surface area contributed by atoms with E-state index in [1.165, 1.54) is 0 Å². The van der Waals surface area contributed by atoms with Crippen LogP contribution in [-0.4, -0.2) is 17.9 Å². The van der Waals surface area contributed by atoms with Crippen molar-refractivity contribution >= 4 is 5.78 Å². The summed E-state index contributed by atoms with van der Waals surface area (Å²) in [7, 11) is 0. The van der Waals surface area contributed by atoms with E-state index in [2.05, 4.69) is 0 Å². The molecule has 3 heteroatoms. The Morgan fingerprint density at radius 1 is 1.53 bits per heavy atom. The second kappa shape index (κ2) is 3.35. The Morgan fingerprint density at radius 2 is 2.27 bits per heavy atom. The Hall–Kier alpha value is -1.35. The third-order valence-corrected chi connectivity index (χ3v) is 2.76. The fourth-order valence-electron chi connectivity index (χ4n) is 1.79. The average molecular weight is 205 g/mol. The summed E-state index contributed by atoms with van der Waals surface area (Å²) in [6.07, 6.45) is 0.361. The van der Waals surface area contributed by atoms with Gasteiger partial charge in [-0.15, -0.1) is 0 Å². The lowest BCUT2D eigenvalue weighted by Crippen LogP contribution is -2.45. The van der Waals surface area contributed by atoms with Crippen molar-refractivity contribution in [3.8, 4) is 5.75 Å². The van der Waals surface area contributed by atoms with Crippen LogP contribution in [0, 0.1) is 6.92 Å². The van der Waals surface area contributed by atoms with Gasteiger partial charge in [0.25, 0.3) is 0 Å². The van der Waals surface area contributed by atoms with Crippen LogP contribution in [0.3, 0.4) is 0 Å². The Labute approximate surface area is 89.2 Å². The zero-order valence-electron chi connectivity index (χ0n) is 9.04. The van der Waals surface area contributed by atoms with Crippen LogP contribution < -0.4 is 10.5 Å². The molecule has 1 aromatic carbocycles. The molecule has 1 aliphatic heterocycles. The normalized spacial score (nSPS) is 24.6. The third kappa shape index (κ3) is 1.75. The second-order valence-corrected chi connectivity index (χ2v) is 4.36. The van der Waals surface area contributed by atoms with E-state index < -0.39 is 5.60 Å². The highest BCUT2D eigenvalue weighted by Crippen LogP contribution is 2.33. The summed E-state index contributed by atoms with van der Waals surface area (Å²) in [5.41, 5.74) is 6.83. The van der Waals surface area contributed by atoms with Gasteiger partial charge in [-0.3, -0.25) is 4.79 Å². The lowest BCUT2D eigenvalue weighted by Gasteiger charge is -2.33. The maximum atomic E-state index is 11.8. The minimum atomic E-state index is -0.544. The molecule has 1 unspecified atom stereocenters. The van der Waals surface area contributed by atoms with E-state index >= 15 is 0 Å². The van der Waals surface area contributed by atoms with Gasteiger partial charge >= 0.3 is 0 Å². The van der Waals surface area contributed by atoms with Gasteiger partial charge in [-0.25, -0.2) is 0 Å².